The summed E-state index contributed by atoms with van der Waals surface area (Å²) in [5, 5.41) is 2.71. The molecule has 9 nitrogen and oxygen atoms in total. The Balaban J connectivity index is 1.53. The van der Waals surface area contributed by atoms with Gasteiger partial charge in [0.25, 0.3) is 5.91 Å². The number of urea groups is 1. The first kappa shape index (κ1) is 22.8. The Morgan fingerprint density at radius 2 is 1.74 bits per heavy atom. The second-order valence-electron chi connectivity index (χ2n) is 7.84. The van der Waals surface area contributed by atoms with Gasteiger partial charge in [0.05, 0.1) is 37.6 Å². The number of ether oxygens (including phenoxy) is 1. The summed E-state index contributed by atoms with van der Waals surface area (Å²) in [7, 11) is 1.28. The number of rotatable bonds is 7. The molecule has 0 saturated carbocycles. The van der Waals surface area contributed by atoms with E-state index in [2.05, 4.69) is 10.1 Å². The van der Waals surface area contributed by atoms with Gasteiger partial charge in [0.1, 0.15) is 11.8 Å². The molecule has 1 aromatic heterocycles. The van der Waals surface area contributed by atoms with Crippen LogP contribution in [0.2, 0.25) is 0 Å². The summed E-state index contributed by atoms with van der Waals surface area (Å²) in [6.45, 7) is 1.96. The van der Waals surface area contributed by atoms with E-state index in [4.69, 9.17) is 4.42 Å². The molecule has 0 unspecified atom stereocenters. The second kappa shape index (κ2) is 9.62. The van der Waals surface area contributed by atoms with E-state index >= 15 is 0 Å². The van der Waals surface area contributed by atoms with Crippen LogP contribution in [0.3, 0.4) is 0 Å². The van der Waals surface area contributed by atoms with Crippen LogP contribution in [-0.4, -0.2) is 41.9 Å². The zero-order valence-electron chi connectivity index (χ0n) is 18.7. The summed E-state index contributed by atoms with van der Waals surface area (Å²) in [6, 6.07) is 15.0. The first-order valence-corrected chi connectivity index (χ1v) is 10.6. The number of hydrogen-bond acceptors (Lipinski definition) is 6. The lowest BCUT2D eigenvalue weighted by Gasteiger charge is -2.20. The summed E-state index contributed by atoms with van der Waals surface area (Å²) in [4.78, 5) is 53.3. The second-order valence-corrected chi connectivity index (χ2v) is 7.84. The van der Waals surface area contributed by atoms with Gasteiger partial charge in [0.2, 0.25) is 5.91 Å². The van der Waals surface area contributed by atoms with Crippen LogP contribution in [0.5, 0.6) is 0 Å². The number of aryl methyl sites for hydroxylation is 1. The summed E-state index contributed by atoms with van der Waals surface area (Å²) in [5.74, 6) is -0.933. The normalized spacial score (nSPS) is 15.5. The van der Waals surface area contributed by atoms with Crippen LogP contribution in [0.1, 0.15) is 28.1 Å². The first-order chi connectivity index (χ1) is 16.4. The molecule has 1 aliphatic rings. The molecule has 0 aliphatic carbocycles. The van der Waals surface area contributed by atoms with Gasteiger partial charge in [0, 0.05) is 5.69 Å². The van der Waals surface area contributed by atoms with Gasteiger partial charge in [-0.1, -0.05) is 17.7 Å². The third-order valence-corrected chi connectivity index (χ3v) is 5.49. The number of methoxy groups -OCH3 is 1. The van der Waals surface area contributed by atoms with Gasteiger partial charge in [-0.15, -0.1) is 0 Å². The average Bonchev–Trinajstić information content (AvgIpc) is 3.42. The van der Waals surface area contributed by atoms with Gasteiger partial charge in [0.15, 0.2) is 0 Å². The van der Waals surface area contributed by atoms with Crippen molar-refractivity contribution in [2.45, 2.75) is 25.9 Å². The number of anilines is 2. The van der Waals surface area contributed by atoms with Gasteiger partial charge in [-0.2, -0.15) is 0 Å². The highest BCUT2D eigenvalue weighted by atomic mass is 16.5. The van der Waals surface area contributed by atoms with Crippen LogP contribution in [0.15, 0.2) is 71.3 Å². The average molecular weight is 461 g/mol. The minimum absolute atomic E-state index is 0.0473. The highest BCUT2D eigenvalue weighted by Gasteiger charge is 2.47. The van der Waals surface area contributed by atoms with Crippen LogP contribution in [0.25, 0.3) is 0 Å². The number of nitrogens with zero attached hydrogens (tertiary/aromatic N) is 2. The first-order valence-electron chi connectivity index (χ1n) is 10.6. The van der Waals surface area contributed by atoms with Gasteiger partial charge < -0.3 is 19.4 Å². The Kier molecular flexibility index (Phi) is 6.44. The molecule has 1 aliphatic heterocycles. The highest BCUT2D eigenvalue weighted by molar-refractivity contribution is 6.22. The SMILES string of the molecule is COC(=O)c1ccc(NC(=O)C[C@H]2C(=O)N(c3ccc(C)cc3)C(=O)N2Cc2ccco2)cc1. The fraction of sp³-hybridized carbons (Fsp3) is 0.200. The quantitative estimate of drug-likeness (QED) is 0.424. The zero-order valence-corrected chi connectivity index (χ0v) is 18.7. The van der Waals surface area contributed by atoms with Crippen LogP contribution >= 0.6 is 0 Å². The van der Waals surface area contributed by atoms with Crippen molar-refractivity contribution in [3.8, 4) is 0 Å². The molecule has 2 aromatic carbocycles. The van der Waals surface area contributed by atoms with Crippen LogP contribution in [0, 0.1) is 6.92 Å². The zero-order chi connectivity index (χ0) is 24.2. The smallest absolute Gasteiger partial charge is 0.337 e. The van der Waals surface area contributed by atoms with E-state index in [1.165, 1.54) is 30.4 Å². The minimum atomic E-state index is -1.01. The fourth-order valence-corrected chi connectivity index (χ4v) is 3.71. The highest BCUT2D eigenvalue weighted by Crippen LogP contribution is 2.29. The molecular formula is C25H23N3O6. The van der Waals surface area contributed by atoms with Gasteiger partial charge in [-0.3, -0.25) is 9.59 Å². The lowest BCUT2D eigenvalue weighted by Crippen LogP contribution is -2.37. The van der Waals surface area contributed by atoms with Crippen LogP contribution in [-0.2, 0) is 20.9 Å². The Morgan fingerprint density at radius 1 is 1.03 bits per heavy atom. The Morgan fingerprint density at radius 3 is 2.35 bits per heavy atom. The number of benzene rings is 2. The van der Waals surface area contributed by atoms with E-state index in [0.29, 0.717) is 22.7 Å². The van der Waals surface area contributed by atoms with E-state index in [0.717, 1.165) is 10.5 Å². The maximum absolute atomic E-state index is 13.3. The number of nitrogens with one attached hydrogen (secondary N) is 1. The predicted octanol–water partition coefficient (Wildman–Crippen LogP) is 3.74. The molecule has 2 heterocycles. The Bertz CT molecular complexity index is 1200. The van der Waals surface area contributed by atoms with Crippen molar-refractivity contribution < 1.29 is 28.3 Å². The monoisotopic (exact) mass is 461 g/mol. The van der Waals surface area contributed by atoms with E-state index in [9.17, 15) is 19.2 Å². The van der Waals surface area contributed by atoms with Gasteiger partial charge in [-0.25, -0.2) is 14.5 Å². The minimum Gasteiger partial charge on any atom is -0.467 e. The maximum atomic E-state index is 13.3. The molecule has 1 saturated heterocycles. The molecule has 0 radical (unpaired) electrons. The summed E-state index contributed by atoms with van der Waals surface area (Å²) < 4.78 is 10.0. The molecule has 4 amide bonds. The number of amides is 4. The summed E-state index contributed by atoms with van der Waals surface area (Å²) >= 11 is 0. The van der Waals surface area contributed by atoms with Crippen molar-refractivity contribution in [3.05, 3.63) is 83.8 Å². The summed E-state index contributed by atoms with van der Waals surface area (Å²) in [5.41, 5.74) is 2.22. The van der Waals surface area contributed by atoms with Gasteiger partial charge >= 0.3 is 12.0 Å². The molecule has 1 fully saturated rings. The van der Waals surface area contributed by atoms with E-state index < -0.39 is 29.9 Å². The Labute approximate surface area is 195 Å². The van der Waals surface area contributed by atoms with Crippen molar-refractivity contribution in [2.24, 2.45) is 0 Å². The molecule has 4 rings (SSSR count). The summed E-state index contributed by atoms with van der Waals surface area (Å²) in [6.07, 6.45) is 1.24. The van der Waals surface area contributed by atoms with Crippen molar-refractivity contribution in [3.63, 3.8) is 0 Å². The number of esters is 1. The molecule has 9 heteroatoms. The molecule has 1 atom stereocenters. The molecule has 3 aromatic rings. The van der Waals surface area contributed by atoms with E-state index in [1.807, 2.05) is 19.1 Å². The topological polar surface area (TPSA) is 109 Å². The van der Waals surface area contributed by atoms with Crippen molar-refractivity contribution in [1.29, 1.82) is 0 Å². The number of carbonyl (C=O) groups is 4. The van der Waals surface area contributed by atoms with E-state index in [1.54, 1.807) is 36.4 Å². The molecule has 0 bridgehead atoms. The maximum Gasteiger partial charge on any atom is 0.337 e. The lowest BCUT2D eigenvalue weighted by atomic mass is 10.1. The number of hydrogen-bond donors (Lipinski definition) is 1. The van der Waals surface area contributed by atoms with Crippen molar-refractivity contribution >= 4 is 35.2 Å². The number of carbonyl (C=O) groups excluding carboxylic acids is 4. The number of imide groups is 1. The standard InChI is InChI=1S/C25H23N3O6/c1-16-5-11-19(12-6-16)28-23(30)21(27(25(28)32)15-20-4-3-13-34-20)14-22(29)26-18-9-7-17(8-10-18)24(31)33-2/h3-13,21H,14-15H2,1-2H3,(H,26,29)/t21-/m0/s1. The molecule has 0 spiro atoms. The third-order valence-electron chi connectivity index (χ3n) is 5.49. The van der Waals surface area contributed by atoms with Gasteiger partial charge in [-0.05, 0) is 55.5 Å². The molecule has 34 heavy (non-hydrogen) atoms. The van der Waals surface area contributed by atoms with E-state index in [-0.39, 0.29) is 13.0 Å². The predicted molar refractivity (Wildman–Crippen MR) is 123 cm³/mol. The van der Waals surface area contributed by atoms with Crippen LogP contribution < -0.4 is 10.2 Å². The third kappa shape index (κ3) is 4.68. The van der Waals surface area contributed by atoms with Crippen LogP contribution in [0.4, 0.5) is 16.2 Å². The lowest BCUT2D eigenvalue weighted by molar-refractivity contribution is -0.124. The Hall–Kier alpha value is -4.40. The molecular weight excluding hydrogens is 438 g/mol. The largest absolute Gasteiger partial charge is 0.467 e. The van der Waals surface area contributed by atoms with Crippen molar-refractivity contribution in [2.75, 3.05) is 17.3 Å². The van der Waals surface area contributed by atoms with Crippen molar-refractivity contribution in [1.82, 2.24) is 4.90 Å². The fourth-order valence-electron chi connectivity index (χ4n) is 3.71. The molecule has 1 N–H and O–H groups in total. The molecule has 174 valence electrons. The number of furan rings is 1.